The highest BCUT2D eigenvalue weighted by molar-refractivity contribution is 6.30. The molecule has 71 heavy (non-hydrogen) atoms. The average Bonchev–Trinajstić information content (AvgIpc) is 3.32. The molecule has 7 fully saturated rings. The quantitative estimate of drug-likeness (QED) is 0.119. The lowest BCUT2D eigenvalue weighted by molar-refractivity contribution is -0.393. The van der Waals surface area contributed by atoms with Gasteiger partial charge in [-0.15, -0.1) is 0 Å². The summed E-state index contributed by atoms with van der Waals surface area (Å²) in [6.45, 7) is 19.0. The first-order valence-electron chi connectivity index (χ1n) is 26.4. The van der Waals surface area contributed by atoms with Crippen molar-refractivity contribution in [3.8, 4) is 0 Å². The zero-order valence-corrected chi connectivity index (χ0v) is 43.7. The van der Waals surface area contributed by atoms with E-state index < -0.39 is 116 Å². The summed E-state index contributed by atoms with van der Waals surface area (Å²) in [5.41, 5.74) is 0.920. The van der Waals surface area contributed by atoms with E-state index in [1.54, 1.807) is 0 Å². The Balaban J connectivity index is 0.983. The van der Waals surface area contributed by atoms with Crippen LogP contribution in [0.25, 0.3) is 0 Å². The number of hydrogen-bond acceptors (Lipinski definition) is 15. The number of hydrogen-bond donors (Lipinski definition) is 9. The van der Waals surface area contributed by atoms with E-state index >= 15 is 0 Å². The number of rotatable bonds is 9. The maximum atomic E-state index is 14.8. The second-order valence-electron chi connectivity index (χ2n) is 24.5. The van der Waals surface area contributed by atoms with E-state index in [0.29, 0.717) is 29.2 Å². The number of halogens is 1. The molecule has 0 bridgehead atoms. The molecule has 9 rings (SSSR count). The van der Waals surface area contributed by atoms with E-state index in [-0.39, 0.29) is 34.0 Å². The Labute approximate surface area is 423 Å². The molecule has 0 aromatic heterocycles. The molecule has 0 radical (unpaired) electrons. The van der Waals surface area contributed by atoms with Gasteiger partial charge in [0, 0.05) is 10.7 Å². The maximum Gasteiger partial charge on any atom is 0.231 e. The summed E-state index contributed by atoms with van der Waals surface area (Å²) < 4.78 is 37.4. The third-order valence-corrected chi connectivity index (χ3v) is 21.0. The van der Waals surface area contributed by atoms with Gasteiger partial charge in [-0.25, -0.2) is 0 Å². The molecule has 17 heteroatoms. The second-order valence-corrected chi connectivity index (χ2v) is 25.0. The molecule has 25 atom stereocenters. The van der Waals surface area contributed by atoms with Crippen molar-refractivity contribution in [3.05, 3.63) is 40.9 Å². The summed E-state index contributed by atoms with van der Waals surface area (Å²) in [6, 6.07) is 7.43. The summed E-state index contributed by atoms with van der Waals surface area (Å²) >= 11 is 6.38. The third-order valence-electron chi connectivity index (χ3n) is 20.8. The van der Waals surface area contributed by atoms with E-state index in [0.717, 1.165) is 57.1 Å². The van der Waals surface area contributed by atoms with Crippen LogP contribution in [0.3, 0.4) is 0 Å². The summed E-state index contributed by atoms with van der Waals surface area (Å²) in [5.74, 6) is 1.54. The number of benzene rings is 1. The largest absolute Gasteiger partial charge is 0.394 e. The molecular formula is C54H82ClNO15. The van der Waals surface area contributed by atoms with Crippen molar-refractivity contribution < 1.29 is 74.1 Å². The van der Waals surface area contributed by atoms with Crippen LogP contribution in [0.2, 0.25) is 5.02 Å². The van der Waals surface area contributed by atoms with Crippen LogP contribution in [-0.2, 0) is 33.2 Å². The number of anilines is 1. The van der Waals surface area contributed by atoms with Gasteiger partial charge in [-0.2, -0.15) is 0 Å². The standard InChI is InChI=1S/C54H82ClNO15/c1-25-15-20-54(49(65)56-30-12-10-11-29(55)23-30)22-21-52(8)31(36(54)26(25)2)13-14-34-51(7)18-17-35(50(5,6)33(51)16-19-53(34,52)9)69-48-45(71-47-42(63)40(61)38(59)28(4)67-47)43(64)44(32(24-57)68-48)70-46-41(62)39(60)37(58)27(3)66-46/h10-13,23,25-28,32-48,57-64H,14-22,24H2,1-9H3,(H,56,65)/t25-,26+,27+,28+,32-,33+,34-,35+,36+,37+,38+,39-,40-,41-,42-,43+,44-,45-,46+,47+,48+,51+,52-,53-,54+/m1/s1. The van der Waals surface area contributed by atoms with Crippen molar-refractivity contribution in [1.82, 2.24) is 0 Å². The summed E-state index contributed by atoms with van der Waals surface area (Å²) in [5, 5.41) is 91.0. The van der Waals surface area contributed by atoms with Gasteiger partial charge in [0.25, 0.3) is 0 Å². The van der Waals surface area contributed by atoms with E-state index in [1.807, 2.05) is 24.3 Å². The Morgan fingerprint density at radius 3 is 1.96 bits per heavy atom. The highest BCUT2D eigenvalue weighted by atomic mass is 35.5. The van der Waals surface area contributed by atoms with Gasteiger partial charge in [0.1, 0.15) is 61.0 Å². The smallest absolute Gasteiger partial charge is 0.231 e. The summed E-state index contributed by atoms with van der Waals surface area (Å²) in [4.78, 5) is 14.8. The van der Waals surface area contributed by atoms with Gasteiger partial charge in [0.2, 0.25) is 5.91 Å². The maximum absolute atomic E-state index is 14.8. The van der Waals surface area contributed by atoms with Crippen LogP contribution in [0.1, 0.15) is 120 Å². The fourth-order valence-electron chi connectivity index (χ4n) is 16.1. The molecule has 400 valence electrons. The molecule has 1 aromatic rings. The zero-order chi connectivity index (χ0) is 51.5. The molecule has 4 saturated carbocycles. The summed E-state index contributed by atoms with van der Waals surface area (Å²) in [6.07, 6.45) is -11.9. The van der Waals surface area contributed by atoms with Crippen molar-refractivity contribution in [2.45, 2.75) is 218 Å². The van der Waals surface area contributed by atoms with Crippen LogP contribution in [0.15, 0.2) is 35.9 Å². The predicted molar refractivity (Wildman–Crippen MR) is 260 cm³/mol. The van der Waals surface area contributed by atoms with Crippen molar-refractivity contribution >= 4 is 23.2 Å². The molecule has 0 spiro atoms. The number of nitrogens with one attached hydrogen (secondary N) is 1. The Morgan fingerprint density at radius 2 is 1.34 bits per heavy atom. The molecule has 8 aliphatic rings. The van der Waals surface area contributed by atoms with E-state index in [2.05, 4.69) is 59.9 Å². The zero-order valence-electron chi connectivity index (χ0n) is 42.9. The molecule has 9 N–H and O–H groups in total. The van der Waals surface area contributed by atoms with Crippen LogP contribution in [0.5, 0.6) is 0 Å². The first-order valence-corrected chi connectivity index (χ1v) is 26.8. The van der Waals surface area contributed by atoms with Gasteiger partial charge in [-0.3, -0.25) is 4.79 Å². The number of aliphatic hydroxyl groups is 8. The highest BCUT2D eigenvalue weighted by Crippen LogP contribution is 2.76. The number of ether oxygens (including phenoxy) is 6. The van der Waals surface area contributed by atoms with Crippen molar-refractivity contribution in [1.29, 1.82) is 0 Å². The fraction of sp³-hybridized carbons (Fsp3) is 0.833. The average molecular weight is 1020 g/mol. The van der Waals surface area contributed by atoms with Crippen LogP contribution in [0, 0.1) is 56.7 Å². The molecular weight excluding hydrogens is 938 g/mol. The van der Waals surface area contributed by atoms with Gasteiger partial charge < -0.3 is 74.6 Å². The fourth-order valence-corrected chi connectivity index (χ4v) is 16.3. The third kappa shape index (κ3) is 8.70. The molecule has 16 nitrogen and oxygen atoms in total. The van der Waals surface area contributed by atoms with Gasteiger partial charge in [-0.05, 0) is 141 Å². The van der Waals surface area contributed by atoms with Crippen molar-refractivity contribution in [3.63, 3.8) is 0 Å². The van der Waals surface area contributed by atoms with Gasteiger partial charge in [-0.1, -0.05) is 77.8 Å². The molecule has 3 aliphatic heterocycles. The van der Waals surface area contributed by atoms with E-state index in [9.17, 15) is 45.6 Å². The number of aliphatic hydroxyl groups excluding tert-OH is 8. The molecule has 3 saturated heterocycles. The normalized spacial score (nSPS) is 51.7. The van der Waals surface area contributed by atoms with Gasteiger partial charge in [0.05, 0.1) is 30.3 Å². The minimum atomic E-state index is -1.74. The minimum Gasteiger partial charge on any atom is -0.394 e. The number of fused-ring (bicyclic) bond motifs is 7. The number of carbonyl (C=O) groups excluding carboxylic acids is 1. The molecule has 0 unspecified atom stereocenters. The lowest BCUT2D eigenvalue weighted by atomic mass is 9.33. The lowest BCUT2D eigenvalue weighted by Crippen LogP contribution is -2.68. The molecule has 3 heterocycles. The van der Waals surface area contributed by atoms with Crippen LogP contribution < -0.4 is 5.32 Å². The van der Waals surface area contributed by atoms with Gasteiger partial charge >= 0.3 is 0 Å². The SMILES string of the molecule is C[C@H]1[C@H](C)CC[C@]2(C(=O)Nc3cccc(Cl)c3)CC[C@]3(C)C(=CC[C@@H]4[C@@]5(C)CC[C@H](O[C@@H]6O[C@H](CO)[C@@H](O[C@@H]7O[C@@H](C)[C@H](O)[C@@H](O)[C@H]7O)[C@H](O)[C@H]6O[C@@H]6O[C@@H](C)[C@H](O)[C@@H](O)[C@H]6O)C(C)(C)[C@@H]5CC[C@]43C)[C@H]12. The number of carbonyl (C=O) groups is 1. The molecule has 1 amide bonds. The van der Waals surface area contributed by atoms with Gasteiger partial charge in [0.15, 0.2) is 18.9 Å². The Kier molecular flexibility index (Phi) is 14.9. The van der Waals surface area contributed by atoms with Crippen LogP contribution >= 0.6 is 11.6 Å². The Bertz CT molecular complexity index is 2130. The lowest BCUT2D eigenvalue weighted by Gasteiger charge is -2.71. The topological polar surface area (TPSA) is 246 Å². The Hall–Kier alpha value is -1.84. The van der Waals surface area contributed by atoms with Crippen LogP contribution in [-0.4, -0.2) is 152 Å². The number of allylic oxidation sites excluding steroid dienone is 2. The van der Waals surface area contributed by atoms with E-state index in [1.165, 1.54) is 19.4 Å². The molecule has 5 aliphatic carbocycles. The van der Waals surface area contributed by atoms with Crippen molar-refractivity contribution in [2.24, 2.45) is 56.7 Å². The monoisotopic (exact) mass is 1020 g/mol. The number of amides is 1. The predicted octanol–water partition coefficient (Wildman–Crippen LogP) is 4.82. The van der Waals surface area contributed by atoms with Crippen LogP contribution in [0.4, 0.5) is 5.69 Å². The first kappa shape index (κ1) is 54.0. The first-order chi connectivity index (χ1) is 33.3. The minimum absolute atomic E-state index is 0.0569. The summed E-state index contributed by atoms with van der Waals surface area (Å²) in [7, 11) is 0. The molecule has 1 aromatic carbocycles. The highest BCUT2D eigenvalue weighted by Gasteiger charge is 2.70. The van der Waals surface area contributed by atoms with E-state index in [4.69, 9.17) is 40.0 Å². The Morgan fingerprint density at radius 1 is 0.704 bits per heavy atom. The van der Waals surface area contributed by atoms with Crippen molar-refractivity contribution in [2.75, 3.05) is 11.9 Å². The second kappa shape index (κ2) is 19.6.